The summed E-state index contributed by atoms with van der Waals surface area (Å²) in [5, 5.41) is 0. The molecule has 0 spiro atoms. The van der Waals surface area contributed by atoms with Crippen molar-refractivity contribution in [2.75, 3.05) is 19.8 Å². The summed E-state index contributed by atoms with van der Waals surface area (Å²) in [5.74, 6) is -1.72. The van der Waals surface area contributed by atoms with E-state index in [1.54, 1.807) is 60.7 Å². The molecule has 1 aliphatic heterocycles. The van der Waals surface area contributed by atoms with Crippen LogP contribution in [0.25, 0.3) is 11.1 Å². The molecular formula is C45H40O10. The topological polar surface area (TPSA) is 116 Å². The lowest BCUT2D eigenvalue weighted by molar-refractivity contribution is -0.299. The fourth-order valence-electron chi connectivity index (χ4n) is 6.85. The molecule has 55 heavy (non-hydrogen) atoms. The number of hydrogen-bond acceptors (Lipinski definition) is 10. The number of hydrogen-bond donors (Lipinski definition) is 0. The Labute approximate surface area is 319 Å². The predicted molar refractivity (Wildman–Crippen MR) is 202 cm³/mol. The molecule has 0 unspecified atom stereocenters. The van der Waals surface area contributed by atoms with Crippen LogP contribution in [-0.4, -0.2) is 68.6 Å². The molecule has 0 amide bonds. The summed E-state index contributed by atoms with van der Waals surface area (Å²) < 4.78 is 42.5. The van der Waals surface area contributed by atoms with E-state index in [-0.39, 0.29) is 43.5 Å². The van der Waals surface area contributed by atoms with Gasteiger partial charge in [0.15, 0.2) is 24.6 Å². The molecule has 1 heterocycles. The van der Waals surface area contributed by atoms with Gasteiger partial charge in [-0.3, -0.25) is 0 Å². The molecular weight excluding hydrogens is 700 g/mol. The number of ether oxygens (including phenoxy) is 7. The van der Waals surface area contributed by atoms with Crippen LogP contribution in [0.2, 0.25) is 0 Å². The highest BCUT2D eigenvalue weighted by atomic mass is 16.8. The third-order valence-corrected chi connectivity index (χ3v) is 9.43. The minimum atomic E-state index is -1.44. The number of esters is 2. The maximum absolute atomic E-state index is 13.8. The molecule has 7 rings (SSSR count). The van der Waals surface area contributed by atoms with Crippen molar-refractivity contribution in [3.8, 4) is 11.1 Å². The number of fused-ring (bicyclic) bond motifs is 3. The zero-order valence-electron chi connectivity index (χ0n) is 29.9. The van der Waals surface area contributed by atoms with Crippen molar-refractivity contribution in [1.29, 1.82) is 0 Å². The molecule has 10 heteroatoms. The minimum absolute atomic E-state index is 0.00109. The van der Waals surface area contributed by atoms with Crippen molar-refractivity contribution in [1.82, 2.24) is 0 Å². The highest BCUT2D eigenvalue weighted by Gasteiger charge is 2.53. The Kier molecular flexibility index (Phi) is 12.1. The Hall–Kier alpha value is -6.07. The van der Waals surface area contributed by atoms with E-state index in [0.717, 1.165) is 27.8 Å². The van der Waals surface area contributed by atoms with Gasteiger partial charge in [-0.25, -0.2) is 14.4 Å². The highest BCUT2D eigenvalue weighted by molar-refractivity contribution is 5.90. The molecule has 2 aliphatic rings. The monoisotopic (exact) mass is 740 g/mol. The van der Waals surface area contributed by atoms with Gasteiger partial charge in [0.25, 0.3) is 0 Å². The molecule has 0 bridgehead atoms. The van der Waals surface area contributed by atoms with Gasteiger partial charge in [0, 0.05) is 5.92 Å². The van der Waals surface area contributed by atoms with Crippen LogP contribution < -0.4 is 0 Å². The summed E-state index contributed by atoms with van der Waals surface area (Å²) in [6.07, 6.45) is -6.11. The maximum Gasteiger partial charge on any atom is 0.508 e. The van der Waals surface area contributed by atoms with Crippen LogP contribution in [0, 0.1) is 0 Å². The van der Waals surface area contributed by atoms with Gasteiger partial charge in [0.2, 0.25) is 0 Å². The minimum Gasteiger partial charge on any atom is -0.450 e. The van der Waals surface area contributed by atoms with Crippen molar-refractivity contribution in [3.63, 3.8) is 0 Å². The number of rotatable bonds is 14. The predicted octanol–water partition coefficient (Wildman–Crippen LogP) is 7.92. The lowest BCUT2D eigenvalue weighted by Gasteiger charge is -2.44. The molecule has 1 aliphatic carbocycles. The zero-order chi connectivity index (χ0) is 38.0. The Morgan fingerprint density at radius 3 is 1.71 bits per heavy atom. The molecule has 0 saturated carbocycles. The van der Waals surface area contributed by atoms with E-state index in [1.807, 2.05) is 78.9 Å². The molecule has 280 valence electrons. The zero-order valence-corrected chi connectivity index (χ0v) is 29.9. The molecule has 0 aromatic heterocycles. The van der Waals surface area contributed by atoms with Crippen LogP contribution in [0.4, 0.5) is 4.79 Å². The van der Waals surface area contributed by atoms with Crippen molar-refractivity contribution >= 4 is 18.1 Å². The summed E-state index contributed by atoms with van der Waals surface area (Å²) >= 11 is 0. The van der Waals surface area contributed by atoms with E-state index < -0.39 is 48.8 Å². The van der Waals surface area contributed by atoms with E-state index in [4.69, 9.17) is 33.2 Å². The molecule has 5 aromatic rings. The van der Waals surface area contributed by atoms with E-state index in [2.05, 4.69) is 6.58 Å². The third-order valence-electron chi connectivity index (χ3n) is 9.43. The largest absolute Gasteiger partial charge is 0.508 e. The van der Waals surface area contributed by atoms with Crippen LogP contribution in [0.5, 0.6) is 0 Å². The lowest BCUT2D eigenvalue weighted by Crippen LogP contribution is -2.63. The third kappa shape index (κ3) is 8.84. The Bertz CT molecular complexity index is 2020. The normalized spacial score (nSPS) is 20.0. The molecule has 10 nitrogen and oxygen atoms in total. The van der Waals surface area contributed by atoms with Gasteiger partial charge in [-0.15, -0.1) is 6.58 Å². The van der Waals surface area contributed by atoms with E-state index in [1.165, 1.54) is 6.08 Å². The van der Waals surface area contributed by atoms with Crippen molar-refractivity contribution in [2.45, 2.75) is 43.2 Å². The first-order valence-electron chi connectivity index (χ1n) is 18.0. The SMILES string of the molecule is C=CCO[C@H]1O[C@H](COCc2ccccc2)[C@@H](OC(=O)OCC2c3ccccc3-c3ccccc32)[C@H](OC(=O)c2ccccc2)[C@H]1OC(=O)c1ccccc1. The van der Waals surface area contributed by atoms with E-state index in [0.29, 0.717) is 0 Å². The van der Waals surface area contributed by atoms with Gasteiger partial charge < -0.3 is 33.2 Å². The first-order valence-corrected chi connectivity index (χ1v) is 18.0. The second-order valence-electron chi connectivity index (χ2n) is 13.0. The van der Waals surface area contributed by atoms with E-state index in [9.17, 15) is 14.4 Å². The smallest absolute Gasteiger partial charge is 0.450 e. The molecule has 1 fully saturated rings. The summed E-state index contributed by atoms with van der Waals surface area (Å²) in [6, 6.07) is 42.1. The number of carbonyl (C=O) groups excluding carboxylic acids is 3. The van der Waals surface area contributed by atoms with Gasteiger partial charge in [-0.2, -0.15) is 0 Å². The molecule has 0 N–H and O–H groups in total. The summed E-state index contributed by atoms with van der Waals surface area (Å²) in [6.45, 7) is 3.80. The Morgan fingerprint density at radius 2 is 1.13 bits per heavy atom. The second kappa shape index (κ2) is 17.8. The number of benzene rings is 5. The first-order chi connectivity index (χ1) is 27.0. The maximum atomic E-state index is 13.8. The fraction of sp³-hybridized carbons (Fsp3) is 0.222. The quantitative estimate of drug-likeness (QED) is 0.0632. The average Bonchev–Trinajstić information content (AvgIpc) is 3.55. The van der Waals surface area contributed by atoms with Gasteiger partial charge in [0.1, 0.15) is 12.7 Å². The highest BCUT2D eigenvalue weighted by Crippen LogP contribution is 2.44. The summed E-state index contributed by atoms with van der Waals surface area (Å²) in [5.41, 5.74) is 5.54. The fourth-order valence-corrected chi connectivity index (χ4v) is 6.85. The first kappa shape index (κ1) is 37.3. The standard InChI is InChI=1S/C45H40O10/c1-2-26-50-44-41(54-43(47)32-20-10-5-11-21-32)40(53-42(46)31-18-8-4-9-19-31)39(38(52-44)29-49-27-30-16-6-3-7-17-30)55-45(48)51-28-37-35-24-14-12-22-33(35)34-23-13-15-25-36(34)37/h2-25,37-41,44H,1,26-29H2/t38-,39-,40+,41-,44+/m1/s1. The Balaban J connectivity index is 1.19. The Morgan fingerprint density at radius 1 is 0.600 bits per heavy atom. The van der Waals surface area contributed by atoms with Gasteiger partial charge in [-0.1, -0.05) is 121 Å². The van der Waals surface area contributed by atoms with E-state index >= 15 is 0 Å². The van der Waals surface area contributed by atoms with Gasteiger partial charge >= 0.3 is 18.1 Å². The number of carbonyl (C=O) groups is 3. The van der Waals surface area contributed by atoms with Gasteiger partial charge in [0.05, 0.1) is 30.9 Å². The van der Waals surface area contributed by atoms with Crippen LogP contribution >= 0.6 is 0 Å². The second-order valence-corrected chi connectivity index (χ2v) is 13.0. The summed E-state index contributed by atoms with van der Waals surface area (Å²) in [7, 11) is 0. The molecule has 5 atom stereocenters. The molecule has 5 aromatic carbocycles. The van der Waals surface area contributed by atoms with Crippen molar-refractivity contribution < 1.29 is 47.5 Å². The van der Waals surface area contributed by atoms with Crippen molar-refractivity contribution in [3.05, 3.63) is 180 Å². The van der Waals surface area contributed by atoms with Crippen LogP contribution in [0.15, 0.2) is 152 Å². The lowest BCUT2D eigenvalue weighted by atomic mass is 9.97. The summed E-state index contributed by atoms with van der Waals surface area (Å²) in [4.78, 5) is 41.1. The van der Waals surface area contributed by atoms with Crippen LogP contribution in [0.3, 0.4) is 0 Å². The van der Waals surface area contributed by atoms with Gasteiger partial charge in [-0.05, 0) is 52.1 Å². The van der Waals surface area contributed by atoms with Crippen LogP contribution in [-0.2, 0) is 39.8 Å². The molecule has 0 radical (unpaired) electrons. The van der Waals surface area contributed by atoms with Crippen molar-refractivity contribution in [2.24, 2.45) is 0 Å². The average molecular weight is 741 g/mol. The molecule has 1 saturated heterocycles. The van der Waals surface area contributed by atoms with Crippen LogP contribution in [0.1, 0.15) is 43.3 Å².